The van der Waals surface area contributed by atoms with E-state index in [-0.39, 0.29) is 5.97 Å². The van der Waals surface area contributed by atoms with Gasteiger partial charge in [0.15, 0.2) is 0 Å². The average molecular weight is 393 g/mol. The van der Waals surface area contributed by atoms with E-state index in [0.29, 0.717) is 17.2 Å². The SMILES string of the molecule is CCOC(=O)c1c(N=Cc2ccc(N3CCCC3)c(C)c2)sc2ccccc12. The first-order valence-electron chi connectivity index (χ1n) is 9.75. The number of carbonyl (C=O) groups is 1. The summed E-state index contributed by atoms with van der Waals surface area (Å²) in [5, 5.41) is 1.60. The van der Waals surface area contributed by atoms with Gasteiger partial charge in [-0.2, -0.15) is 0 Å². The summed E-state index contributed by atoms with van der Waals surface area (Å²) in [5.41, 5.74) is 4.16. The number of benzene rings is 2. The molecule has 0 amide bonds. The van der Waals surface area contributed by atoms with Gasteiger partial charge >= 0.3 is 5.97 Å². The molecule has 0 atom stereocenters. The second-order valence-corrected chi connectivity index (χ2v) is 8.03. The number of rotatable bonds is 5. The first-order chi connectivity index (χ1) is 13.7. The lowest BCUT2D eigenvalue weighted by molar-refractivity contribution is 0.0530. The minimum Gasteiger partial charge on any atom is -0.462 e. The Hall–Kier alpha value is -2.66. The standard InChI is InChI=1S/C23H24N2O2S/c1-3-27-23(26)21-18-8-4-5-9-20(18)28-22(21)24-15-17-10-11-19(16(2)14-17)25-12-6-7-13-25/h4-5,8-11,14-15H,3,6-7,12-13H2,1-2H3. The summed E-state index contributed by atoms with van der Waals surface area (Å²) >= 11 is 1.52. The van der Waals surface area contributed by atoms with Gasteiger partial charge in [-0.3, -0.25) is 0 Å². The van der Waals surface area contributed by atoms with E-state index in [0.717, 1.165) is 28.7 Å². The quantitative estimate of drug-likeness (QED) is 0.411. The van der Waals surface area contributed by atoms with Crippen molar-refractivity contribution in [1.29, 1.82) is 0 Å². The van der Waals surface area contributed by atoms with Gasteiger partial charge in [0.1, 0.15) is 10.6 Å². The smallest absolute Gasteiger partial charge is 0.341 e. The number of nitrogens with zero attached hydrogens (tertiary/aromatic N) is 2. The Labute approximate surface area is 169 Å². The molecule has 5 heteroatoms. The van der Waals surface area contributed by atoms with Crippen molar-refractivity contribution in [2.24, 2.45) is 4.99 Å². The summed E-state index contributed by atoms with van der Waals surface area (Å²) < 4.78 is 6.31. The maximum atomic E-state index is 12.5. The van der Waals surface area contributed by atoms with Crippen molar-refractivity contribution in [2.45, 2.75) is 26.7 Å². The number of aryl methyl sites for hydroxylation is 1. The van der Waals surface area contributed by atoms with E-state index < -0.39 is 0 Å². The van der Waals surface area contributed by atoms with Crippen molar-refractivity contribution >= 4 is 44.3 Å². The third-order valence-corrected chi connectivity index (χ3v) is 6.13. The van der Waals surface area contributed by atoms with Gasteiger partial charge in [0, 0.05) is 35.1 Å². The lowest BCUT2D eigenvalue weighted by Crippen LogP contribution is -2.18. The number of ether oxygens (including phenoxy) is 1. The fourth-order valence-electron chi connectivity index (χ4n) is 3.73. The van der Waals surface area contributed by atoms with E-state index in [2.05, 4.69) is 35.0 Å². The molecule has 0 saturated carbocycles. The van der Waals surface area contributed by atoms with Gasteiger partial charge < -0.3 is 9.64 Å². The zero-order valence-corrected chi connectivity index (χ0v) is 17.1. The van der Waals surface area contributed by atoms with E-state index >= 15 is 0 Å². The molecule has 1 saturated heterocycles. The highest BCUT2D eigenvalue weighted by atomic mass is 32.1. The molecule has 0 spiro atoms. The number of thiophene rings is 1. The third kappa shape index (κ3) is 3.67. The highest BCUT2D eigenvalue weighted by Gasteiger charge is 2.19. The molecule has 0 aliphatic carbocycles. The van der Waals surface area contributed by atoms with Crippen molar-refractivity contribution in [3.05, 3.63) is 59.2 Å². The summed E-state index contributed by atoms with van der Waals surface area (Å²) in [4.78, 5) is 19.6. The molecule has 1 fully saturated rings. The summed E-state index contributed by atoms with van der Waals surface area (Å²) in [7, 11) is 0. The van der Waals surface area contributed by atoms with Gasteiger partial charge in [0.25, 0.3) is 0 Å². The zero-order chi connectivity index (χ0) is 19.5. The molecule has 4 nitrogen and oxygen atoms in total. The van der Waals surface area contributed by atoms with Crippen LogP contribution in [-0.2, 0) is 4.74 Å². The average Bonchev–Trinajstić information content (AvgIpc) is 3.34. The Morgan fingerprint density at radius 2 is 2.00 bits per heavy atom. The van der Waals surface area contributed by atoms with Gasteiger partial charge in [-0.1, -0.05) is 24.3 Å². The Morgan fingerprint density at radius 3 is 2.75 bits per heavy atom. The minimum absolute atomic E-state index is 0.312. The molecular weight excluding hydrogens is 368 g/mol. The van der Waals surface area contributed by atoms with Crippen LogP contribution in [0.4, 0.5) is 10.7 Å². The molecule has 3 aromatic rings. The number of anilines is 1. The second kappa shape index (κ2) is 8.15. The first kappa shape index (κ1) is 18.7. The Bertz CT molecular complexity index is 1030. The van der Waals surface area contributed by atoms with Crippen molar-refractivity contribution in [1.82, 2.24) is 0 Å². The van der Waals surface area contributed by atoms with Gasteiger partial charge in [-0.05, 0) is 56.0 Å². The Morgan fingerprint density at radius 1 is 1.21 bits per heavy atom. The molecule has 0 unspecified atom stereocenters. The van der Waals surface area contributed by atoms with Crippen molar-refractivity contribution in [3.8, 4) is 0 Å². The molecule has 1 aliphatic rings. The van der Waals surface area contributed by atoms with Crippen LogP contribution in [0.2, 0.25) is 0 Å². The number of aliphatic imine (C=N–C) groups is 1. The van der Waals surface area contributed by atoms with Gasteiger partial charge in [0.05, 0.1) is 6.61 Å². The fourth-order valence-corrected chi connectivity index (χ4v) is 4.76. The van der Waals surface area contributed by atoms with Gasteiger partial charge in [-0.15, -0.1) is 11.3 Å². The molecule has 0 bridgehead atoms. The topological polar surface area (TPSA) is 41.9 Å². The summed E-state index contributed by atoms with van der Waals surface area (Å²) in [6.45, 7) is 6.59. The van der Waals surface area contributed by atoms with Crippen LogP contribution in [-0.4, -0.2) is 31.9 Å². The lowest BCUT2D eigenvalue weighted by Gasteiger charge is -2.20. The maximum absolute atomic E-state index is 12.5. The number of esters is 1. The van der Waals surface area contributed by atoms with Crippen LogP contribution < -0.4 is 4.90 Å². The van der Waals surface area contributed by atoms with Crippen LogP contribution in [0.1, 0.15) is 41.3 Å². The zero-order valence-electron chi connectivity index (χ0n) is 16.3. The largest absolute Gasteiger partial charge is 0.462 e. The van der Waals surface area contributed by atoms with E-state index in [1.807, 2.05) is 37.4 Å². The molecule has 2 heterocycles. The minimum atomic E-state index is -0.312. The lowest BCUT2D eigenvalue weighted by atomic mass is 10.1. The monoisotopic (exact) mass is 392 g/mol. The van der Waals surface area contributed by atoms with Crippen molar-refractivity contribution in [3.63, 3.8) is 0 Å². The number of fused-ring (bicyclic) bond motifs is 1. The molecule has 0 N–H and O–H groups in total. The summed E-state index contributed by atoms with van der Waals surface area (Å²) in [5.74, 6) is -0.312. The summed E-state index contributed by atoms with van der Waals surface area (Å²) in [6, 6.07) is 14.3. The number of hydrogen-bond donors (Lipinski definition) is 0. The predicted molar refractivity (Wildman–Crippen MR) is 118 cm³/mol. The molecule has 2 aromatic carbocycles. The number of hydrogen-bond acceptors (Lipinski definition) is 5. The van der Waals surface area contributed by atoms with Crippen molar-refractivity contribution in [2.75, 3.05) is 24.6 Å². The van der Waals surface area contributed by atoms with Crippen LogP contribution in [0, 0.1) is 6.92 Å². The predicted octanol–water partition coefficient (Wildman–Crippen LogP) is 5.74. The first-order valence-corrected chi connectivity index (χ1v) is 10.6. The Kier molecular flexibility index (Phi) is 5.44. The van der Waals surface area contributed by atoms with E-state index in [1.165, 1.54) is 35.4 Å². The fraction of sp³-hybridized carbons (Fsp3) is 0.304. The third-order valence-electron chi connectivity index (χ3n) is 5.05. The maximum Gasteiger partial charge on any atom is 0.341 e. The van der Waals surface area contributed by atoms with Crippen LogP contribution >= 0.6 is 11.3 Å². The van der Waals surface area contributed by atoms with Gasteiger partial charge in [0.2, 0.25) is 0 Å². The highest BCUT2D eigenvalue weighted by molar-refractivity contribution is 7.23. The highest BCUT2D eigenvalue weighted by Crippen LogP contribution is 2.38. The molecule has 144 valence electrons. The van der Waals surface area contributed by atoms with Gasteiger partial charge in [-0.25, -0.2) is 9.79 Å². The number of carbonyl (C=O) groups excluding carboxylic acids is 1. The van der Waals surface area contributed by atoms with Crippen molar-refractivity contribution < 1.29 is 9.53 Å². The summed E-state index contributed by atoms with van der Waals surface area (Å²) in [6.07, 6.45) is 4.38. The second-order valence-electron chi connectivity index (χ2n) is 7.00. The normalized spacial score (nSPS) is 14.3. The molecule has 28 heavy (non-hydrogen) atoms. The van der Waals surface area contributed by atoms with E-state index in [9.17, 15) is 4.79 Å². The molecule has 0 radical (unpaired) electrons. The van der Waals surface area contributed by atoms with Crippen LogP contribution in [0.3, 0.4) is 0 Å². The molecule has 4 rings (SSSR count). The van der Waals surface area contributed by atoms with Crippen LogP contribution in [0.5, 0.6) is 0 Å². The van der Waals surface area contributed by atoms with E-state index in [4.69, 9.17) is 4.74 Å². The Balaban J connectivity index is 1.66. The molecule has 1 aliphatic heterocycles. The van der Waals surface area contributed by atoms with Crippen LogP contribution in [0.15, 0.2) is 47.5 Å². The molecule has 1 aromatic heterocycles. The van der Waals surface area contributed by atoms with E-state index in [1.54, 1.807) is 0 Å². The van der Waals surface area contributed by atoms with Crippen LogP contribution in [0.25, 0.3) is 10.1 Å². The molecular formula is C23H24N2O2S.